The topological polar surface area (TPSA) is 110 Å². The van der Waals surface area contributed by atoms with Crippen molar-refractivity contribution in [2.75, 3.05) is 14.2 Å². The summed E-state index contributed by atoms with van der Waals surface area (Å²) in [6.07, 6.45) is 7.09. The molecule has 0 atom stereocenters. The first-order valence-electron chi connectivity index (χ1n) is 9.85. The quantitative estimate of drug-likeness (QED) is 0.528. The SMILES string of the molecule is COC(=O)c1coc(COc2ccc(-c3noc(C4CCCCC4)n3)cc2OC)n1. The molecular formula is C21H23N3O6. The van der Waals surface area contributed by atoms with Gasteiger partial charge in [0.15, 0.2) is 23.8 Å². The molecule has 1 aliphatic carbocycles. The number of aromatic nitrogens is 3. The van der Waals surface area contributed by atoms with Crippen molar-refractivity contribution >= 4 is 5.97 Å². The second-order valence-electron chi connectivity index (χ2n) is 7.06. The summed E-state index contributed by atoms with van der Waals surface area (Å²) in [5.74, 6) is 2.26. The number of carbonyl (C=O) groups excluding carboxylic acids is 1. The Morgan fingerprint density at radius 3 is 2.73 bits per heavy atom. The van der Waals surface area contributed by atoms with Gasteiger partial charge in [0.1, 0.15) is 6.26 Å². The lowest BCUT2D eigenvalue weighted by Gasteiger charge is -2.17. The molecule has 0 aliphatic heterocycles. The summed E-state index contributed by atoms with van der Waals surface area (Å²) < 4.78 is 26.5. The summed E-state index contributed by atoms with van der Waals surface area (Å²) in [5.41, 5.74) is 0.860. The van der Waals surface area contributed by atoms with E-state index < -0.39 is 5.97 Å². The lowest BCUT2D eigenvalue weighted by Crippen LogP contribution is -2.04. The van der Waals surface area contributed by atoms with Crippen molar-refractivity contribution < 1.29 is 27.9 Å². The summed E-state index contributed by atoms with van der Waals surface area (Å²) in [6, 6.07) is 5.39. The van der Waals surface area contributed by atoms with Gasteiger partial charge < -0.3 is 23.2 Å². The maximum Gasteiger partial charge on any atom is 0.360 e. The van der Waals surface area contributed by atoms with E-state index in [0.717, 1.165) is 18.4 Å². The van der Waals surface area contributed by atoms with Crippen molar-refractivity contribution in [3.8, 4) is 22.9 Å². The molecule has 0 bridgehead atoms. The maximum absolute atomic E-state index is 11.5. The van der Waals surface area contributed by atoms with Gasteiger partial charge in [-0.2, -0.15) is 4.98 Å². The van der Waals surface area contributed by atoms with Crippen LogP contribution >= 0.6 is 0 Å². The minimum atomic E-state index is -0.570. The molecule has 9 nitrogen and oxygen atoms in total. The number of ether oxygens (including phenoxy) is 3. The molecule has 1 fully saturated rings. The minimum absolute atomic E-state index is 0.0285. The Bertz CT molecular complexity index is 1010. The lowest BCUT2D eigenvalue weighted by atomic mass is 9.89. The number of rotatable bonds is 7. The van der Waals surface area contributed by atoms with Crippen LogP contribution in [-0.4, -0.2) is 35.3 Å². The molecule has 0 N–H and O–H groups in total. The third-order valence-corrected chi connectivity index (χ3v) is 5.12. The summed E-state index contributed by atoms with van der Waals surface area (Å²) in [5, 5.41) is 4.14. The molecule has 0 saturated heterocycles. The van der Waals surface area contributed by atoms with Gasteiger partial charge in [0.2, 0.25) is 17.6 Å². The molecule has 2 heterocycles. The Hall–Kier alpha value is -3.36. The fourth-order valence-corrected chi connectivity index (χ4v) is 3.51. The molecule has 3 aromatic rings. The largest absolute Gasteiger partial charge is 0.493 e. The van der Waals surface area contributed by atoms with Crippen LogP contribution in [0.1, 0.15) is 60.3 Å². The van der Waals surface area contributed by atoms with Gasteiger partial charge in [0.25, 0.3) is 0 Å². The molecule has 0 radical (unpaired) electrons. The van der Waals surface area contributed by atoms with Crippen molar-refractivity contribution in [1.82, 2.24) is 15.1 Å². The first-order valence-corrected chi connectivity index (χ1v) is 9.85. The molecule has 9 heteroatoms. The Kier molecular flexibility index (Phi) is 5.97. The summed E-state index contributed by atoms with van der Waals surface area (Å²) in [6.45, 7) is 0.0285. The van der Waals surface area contributed by atoms with Crippen molar-refractivity contribution in [3.05, 3.63) is 41.9 Å². The zero-order chi connectivity index (χ0) is 20.9. The Morgan fingerprint density at radius 2 is 1.97 bits per heavy atom. The maximum atomic E-state index is 11.5. The number of benzene rings is 1. The molecule has 0 spiro atoms. The van der Waals surface area contributed by atoms with Gasteiger partial charge in [-0.3, -0.25) is 0 Å². The third-order valence-electron chi connectivity index (χ3n) is 5.12. The van der Waals surface area contributed by atoms with Gasteiger partial charge in [-0.05, 0) is 31.0 Å². The van der Waals surface area contributed by atoms with Crippen LogP contribution in [0.4, 0.5) is 0 Å². The predicted molar refractivity (Wildman–Crippen MR) is 104 cm³/mol. The standard InChI is InChI=1S/C21H23N3O6/c1-26-17-10-14(19-23-20(30-24-19)13-6-4-3-5-7-13)8-9-16(17)28-12-18-22-15(11-29-18)21(25)27-2/h8-11,13H,3-7,12H2,1-2H3. The number of carbonyl (C=O) groups is 1. The smallest absolute Gasteiger partial charge is 0.360 e. The van der Waals surface area contributed by atoms with Crippen LogP contribution in [0.2, 0.25) is 0 Å². The zero-order valence-corrected chi connectivity index (χ0v) is 16.9. The molecule has 4 rings (SSSR count). The van der Waals surface area contributed by atoms with E-state index in [2.05, 4.69) is 19.9 Å². The predicted octanol–water partition coefficient (Wildman–Crippen LogP) is 4.15. The van der Waals surface area contributed by atoms with Crippen LogP contribution in [-0.2, 0) is 11.3 Å². The minimum Gasteiger partial charge on any atom is -0.493 e. The number of nitrogens with zero attached hydrogens (tertiary/aromatic N) is 3. The van der Waals surface area contributed by atoms with Gasteiger partial charge in [0, 0.05) is 11.5 Å². The fourth-order valence-electron chi connectivity index (χ4n) is 3.51. The fraction of sp³-hybridized carbons (Fsp3) is 0.429. The first kappa shape index (κ1) is 19.9. The summed E-state index contributed by atoms with van der Waals surface area (Å²) >= 11 is 0. The summed E-state index contributed by atoms with van der Waals surface area (Å²) in [4.78, 5) is 20.1. The highest BCUT2D eigenvalue weighted by molar-refractivity contribution is 5.86. The monoisotopic (exact) mass is 413 g/mol. The zero-order valence-electron chi connectivity index (χ0n) is 16.9. The van der Waals surface area contributed by atoms with Gasteiger partial charge in [-0.25, -0.2) is 9.78 Å². The normalized spacial score (nSPS) is 14.5. The third kappa shape index (κ3) is 4.29. The van der Waals surface area contributed by atoms with Crippen molar-refractivity contribution in [3.63, 3.8) is 0 Å². The number of hydrogen-bond donors (Lipinski definition) is 0. The van der Waals surface area contributed by atoms with Gasteiger partial charge in [-0.15, -0.1) is 0 Å². The van der Waals surface area contributed by atoms with E-state index in [0.29, 0.717) is 29.1 Å². The Balaban J connectivity index is 1.46. The molecular weight excluding hydrogens is 390 g/mol. The van der Waals surface area contributed by atoms with Crippen LogP contribution in [0.15, 0.2) is 33.4 Å². The second-order valence-corrected chi connectivity index (χ2v) is 7.06. The summed E-state index contributed by atoms with van der Waals surface area (Å²) in [7, 11) is 2.83. The highest BCUT2D eigenvalue weighted by Gasteiger charge is 2.22. The van der Waals surface area contributed by atoms with E-state index in [1.807, 2.05) is 6.07 Å². The Labute approximate surface area is 173 Å². The van der Waals surface area contributed by atoms with Crippen LogP contribution < -0.4 is 9.47 Å². The molecule has 0 unspecified atom stereocenters. The molecule has 158 valence electrons. The number of hydrogen-bond acceptors (Lipinski definition) is 9. The van der Waals surface area contributed by atoms with Crippen LogP contribution in [0, 0.1) is 0 Å². The molecule has 1 aromatic carbocycles. The molecule has 30 heavy (non-hydrogen) atoms. The molecule has 1 aliphatic rings. The average molecular weight is 413 g/mol. The van der Waals surface area contributed by atoms with Gasteiger partial charge >= 0.3 is 5.97 Å². The van der Waals surface area contributed by atoms with Crippen molar-refractivity contribution in [2.24, 2.45) is 0 Å². The van der Waals surface area contributed by atoms with E-state index in [9.17, 15) is 4.79 Å². The van der Waals surface area contributed by atoms with E-state index >= 15 is 0 Å². The number of methoxy groups -OCH3 is 2. The van der Waals surface area contributed by atoms with Crippen LogP contribution in [0.25, 0.3) is 11.4 Å². The number of oxazole rings is 1. The van der Waals surface area contributed by atoms with Crippen molar-refractivity contribution in [2.45, 2.75) is 44.6 Å². The molecule has 2 aromatic heterocycles. The highest BCUT2D eigenvalue weighted by Crippen LogP contribution is 2.35. The van der Waals surface area contributed by atoms with Gasteiger partial charge in [0.05, 0.1) is 14.2 Å². The van der Waals surface area contributed by atoms with E-state index in [1.54, 1.807) is 19.2 Å². The highest BCUT2D eigenvalue weighted by atomic mass is 16.5. The van der Waals surface area contributed by atoms with Crippen LogP contribution in [0.3, 0.4) is 0 Å². The second kappa shape index (κ2) is 8.98. The number of esters is 1. The average Bonchev–Trinajstić information content (AvgIpc) is 3.48. The first-order chi connectivity index (χ1) is 14.7. The van der Waals surface area contributed by atoms with E-state index in [-0.39, 0.29) is 18.2 Å². The van der Waals surface area contributed by atoms with Crippen molar-refractivity contribution in [1.29, 1.82) is 0 Å². The van der Waals surface area contributed by atoms with Crippen LogP contribution in [0.5, 0.6) is 11.5 Å². The van der Waals surface area contributed by atoms with E-state index in [4.69, 9.17) is 18.4 Å². The lowest BCUT2D eigenvalue weighted by molar-refractivity contribution is 0.0594. The molecule has 0 amide bonds. The van der Waals surface area contributed by atoms with E-state index in [1.165, 1.54) is 32.6 Å². The molecule has 1 saturated carbocycles. The van der Waals surface area contributed by atoms with Gasteiger partial charge in [-0.1, -0.05) is 24.4 Å². The Morgan fingerprint density at radius 1 is 1.13 bits per heavy atom.